The zero-order chi connectivity index (χ0) is 18.7. The Hall–Kier alpha value is -2.00. The molecule has 0 aromatic carbocycles. The lowest BCUT2D eigenvalue weighted by atomic mass is 9.78. The first-order valence-corrected chi connectivity index (χ1v) is 9.34. The van der Waals surface area contributed by atoms with Crippen molar-refractivity contribution in [2.45, 2.75) is 51.6 Å². The lowest BCUT2D eigenvalue weighted by Gasteiger charge is -2.37. The van der Waals surface area contributed by atoms with Gasteiger partial charge in [-0.15, -0.1) is 11.3 Å². The minimum atomic E-state index is -0.562. The maximum Gasteiger partial charge on any atom is 0.410 e. The van der Waals surface area contributed by atoms with Crippen molar-refractivity contribution >= 4 is 23.2 Å². The molecule has 1 saturated heterocycles. The summed E-state index contributed by atoms with van der Waals surface area (Å²) in [6.45, 7) is 13.0. The van der Waals surface area contributed by atoms with E-state index in [0.29, 0.717) is 38.3 Å². The molecule has 5 nitrogen and oxygen atoms in total. The molecule has 1 amide bonds. The summed E-state index contributed by atoms with van der Waals surface area (Å²) in [5.74, 6) is 0.637. The lowest BCUT2D eigenvalue weighted by Crippen LogP contribution is -2.46. The number of thiophene rings is 1. The number of nitriles is 1. The molecule has 2 heterocycles. The van der Waals surface area contributed by atoms with Gasteiger partial charge in [-0.05, 0) is 52.7 Å². The fraction of sp³-hybridized carbons (Fsp3) is 0.579. The van der Waals surface area contributed by atoms with Crippen LogP contribution in [0.2, 0.25) is 0 Å². The largest absolute Gasteiger partial charge is 0.493 e. The summed E-state index contributed by atoms with van der Waals surface area (Å²) in [7, 11) is 0. The molecule has 0 aliphatic carbocycles. The van der Waals surface area contributed by atoms with Crippen LogP contribution >= 0.6 is 11.3 Å². The van der Waals surface area contributed by atoms with E-state index < -0.39 is 11.0 Å². The first kappa shape index (κ1) is 19.3. The minimum Gasteiger partial charge on any atom is -0.493 e. The van der Waals surface area contributed by atoms with Gasteiger partial charge >= 0.3 is 6.09 Å². The predicted molar refractivity (Wildman–Crippen MR) is 99.3 cm³/mol. The van der Waals surface area contributed by atoms with Gasteiger partial charge in [0.1, 0.15) is 11.4 Å². The van der Waals surface area contributed by atoms with E-state index in [1.54, 1.807) is 16.2 Å². The average molecular weight is 362 g/mol. The predicted octanol–water partition coefficient (Wildman–Crippen LogP) is 4.55. The highest BCUT2D eigenvalue weighted by molar-refractivity contribution is 7.13. The van der Waals surface area contributed by atoms with Crippen molar-refractivity contribution in [1.82, 2.24) is 4.90 Å². The molecule has 1 aromatic heterocycles. The summed E-state index contributed by atoms with van der Waals surface area (Å²) in [4.78, 5) is 15.9. The number of likely N-dealkylation sites (tertiary alicyclic amines) is 1. The molecule has 0 spiro atoms. The van der Waals surface area contributed by atoms with Crippen LogP contribution in [0.5, 0.6) is 0 Å². The Morgan fingerprint density at radius 3 is 2.56 bits per heavy atom. The molecule has 0 saturated carbocycles. The van der Waals surface area contributed by atoms with E-state index in [2.05, 4.69) is 12.6 Å². The second-order valence-corrected chi connectivity index (χ2v) is 8.27. The van der Waals surface area contributed by atoms with Crippen LogP contribution in [0.1, 0.15) is 50.3 Å². The van der Waals surface area contributed by atoms with Crippen LogP contribution in [-0.4, -0.2) is 36.3 Å². The fourth-order valence-corrected chi connectivity index (χ4v) is 3.93. The second kappa shape index (κ2) is 7.49. The number of carbonyl (C=O) groups excluding carboxylic acids is 1. The summed E-state index contributed by atoms with van der Waals surface area (Å²) in [5.41, 5.74) is -1.07. The van der Waals surface area contributed by atoms with Crippen molar-refractivity contribution < 1.29 is 14.3 Å². The van der Waals surface area contributed by atoms with Crippen LogP contribution < -0.4 is 0 Å². The third kappa shape index (κ3) is 4.55. The van der Waals surface area contributed by atoms with E-state index in [0.717, 1.165) is 9.75 Å². The van der Waals surface area contributed by atoms with Crippen LogP contribution in [0.4, 0.5) is 4.79 Å². The van der Waals surface area contributed by atoms with Crippen molar-refractivity contribution in [2.75, 3.05) is 19.7 Å². The SMILES string of the molecule is C=C(OCC)c1ccc(C2(C#N)CCN(C(=O)OC(C)(C)C)CC2)s1. The van der Waals surface area contributed by atoms with Gasteiger partial charge < -0.3 is 14.4 Å². The quantitative estimate of drug-likeness (QED) is 0.737. The van der Waals surface area contributed by atoms with Gasteiger partial charge in [0.25, 0.3) is 0 Å². The number of piperidine rings is 1. The average Bonchev–Trinajstić information content (AvgIpc) is 3.04. The summed E-state index contributed by atoms with van der Waals surface area (Å²) in [6.07, 6.45) is 0.892. The Bertz CT molecular complexity index is 674. The molecule has 6 heteroatoms. The fourth-order valence-electron chi connectivity index (χ4n) is 2.80. The smallest absolute Gasteiger partial charge is 0.410 e. The van der Waals surface area contributed by atoms with Gasteiger partial charge in [-0.3, -0.25) is 0 Å². The number of amides is 1. The summed E-state index contributed by atoms with van der Waals surface area (Å²) >= 11 is 1.55. The molecule has 136 valence electrons. The van der Waals surface area contributed by atoms with E-state index in [-0.39, 0.29) is 6.09 Å². The van der Waals surface area contributed by atoms with Crippen molar-refractivity contribution in [3.8, 4) is 6.07 Å². The first-order chi connectivity index (χ1) is 11.7. The van der Waals surface area contributed by atoms with Crippen molar-refractivity contribution in [3.05, 3.63) is 28.5 Å². The van der Waals surface area contributed by atoms with E-state index in [1.807, 2.05) is 39.8 Å². The normalized spacial score (nSPS) is 16.8. The lowest BCUT2D eigenvalue weighted by molar-refractivity contribution is 0.0186. The maximum atomic E-state index is 12.2. The molecule has 1 aliphatic rings. The van der Waals surface area contributed by atoms with E-state index in [4.69, 9.17) is 9.47 Å². The van der Waals surface area contributed by atoms with Gasteiger partial charge in [-0.2, -0.15) is 5.26 Å². The Labute approximate surface area is 153 Å². The molecular formula is C19H26N2O3S. The van der Waals surface area contributed by atoms with Gasteiger partial charge in [-0.1, -0.05) is 6.58 Å². The van der Waals surface area contributed by atoms with Gasteiger partial charge in [-0.25, -0.2) is 4.79 Å². The molecule has 0 unspecified atom stereocenters. The first-order valence-electron chi connectivity index (χ1n) is 8.52. The highest BCUT2D eigenvalue weighted by atomic mass is 32.1. The van der Waals surface area contributed by atoms with E-state index in [1.165, 1.54) is 0 Å². The summed E-state index contributed by atoms with van der Waals surface area (Å²) < 4.78 is 10.9. The molecule has 2 rings (SSSR count). The third-order valence-corrected chi connectivity index (χ3v) is 5.48. The molecule has 0 atom stereocenters. The number of hydrogen-bond acceptors (Lipinski definition) is 5. The number of nitrogens with zero attached hydrogens (tertiary/aromatic N) is 2. The van der Waals surface area contributed by atoms with Gasteiger partial charge in [0.2, 0.25) is 0 Å². The Balaban J connectivity index is 2.08. The maximum absolute atomic E-state index is 12.2. The number of rotatable bonds is 4. The number of hydrogen-bond donors (Lipinski definition) is 0. The Kier molecular flexibility index (Phi) is 5.79. The van der Waals surface area contributed by atoms with E-state index >= 15 is 0 Å². The summed E-state index contributed by atoms with van der Waals surface area (Å²) in [6, 6.07) is 6.43. The van der Waals surface area contributed by atoms with Gasteiger partial charge in [0.15, 0.2) is 0 Å². The Morgan fingerprint density at radius 1 is 1.40 bits per heavy atom. The van der Waals surface area contributed by atoms with Gasteiger partial charge in [0.05, 0.1) is 23.0 Å². The van der Waals surface area contributed by atoms with Crippen LogP contribution in [0, 0.1) is 11.3 Å². The molecule has 1 aromatic rings. The van der Waals surface area contributed by atoms with Crippen molar-refractivity contribution in [1.29, 1.82) is 5.26 Å². The van der Waals surface area contributed by atoms with Crippen LogP contribution in [0.15, 0.2) is 18.7 Å². The van der Waals surface area contributed by atoms with Crippen LogP contribution in [0.3, 0.4) is 0 Å². The third-order valence-electron chi connectivity index (χ3n) is 4.15. The van der Waals surface area contributed by atoms with Crippen molar-refractivity contribution in [3.63, 3.8) is 0 Å². The van der Waals surface area contributed by atoms with Crippen LogP contribution in [0.25, 0.3) is 5.76 Å². The highest BCUT2D eigenvalue weighted by Crippen LogP contribution is 2.40. The second-order valence-electron chi connectivity index (χ2n) is 7.18. The molecule has 1 aliphatic heterocycles. The minimum absolute atomic E-state index is 0.310. The monoisotopic (exact) mass is 362 g/mol. The molecule has 0 N–H and O–H groups in total. The van der Waals surface area contributed by atoms with Crippen molar-refractivity contribution in [2.24, 2.45) is 0 Å². The molecule has 0 bridgehead atoms. The standard InChI is InChI=1S/C19H26N2O3S/c1-6-23-14(2)15-7-8-16(25-15)19(13-20)9-11-21(12-10-19)17(22)24-18(3,4)5/h7-8H,2,6,9-12H2,1,3-5H3. The van der Waals surface area contributed by atoms with Gasteiger partial charge in [0, 0.05) is 18.0 Å². The Morgan fingerprint density at radius 2 is 2.04 bits per heavy atom. The van der Waals surface area contributed by atoms with E-state index in [9.17, 15) is 10.1 Å². The molecule has 1 fully saturated rings. The zero-order valence-corrected chi connectivity index (χ0v) is 16.2. The molecular weight excluding hydrogens is 336 g/mol. The molecule has 0 radical (unpaired) electrons. The zero-order valence-electron chi connectivity index (χ0n) is 15.4. The summed E-state index contributed by atoms with van der Waals surface area (Å²) in [5, 5.41) is 9.83. The molecule has 25 heavy (non-hydrogen) atoms. The van der Waals surface area contributed by atoms with Crippen LogP contribution in [-0.2, 0) is 14.9 Å². The topological polar surface area (TPSA) is 62.6 Å². The highest BCUT2D eigenvalue weighted by Gasteiger charge is 2.40. The number of carbonyl (C=O) groups is 1. The number of ether oxygens (including phenoxy) is 2.